The van der Waals surface area contributed by atoms with Crippen LogP contribution in [0.15, 0.2) is 40.9 Å². The molecule has 0 aliphatic heterocycles. The summed E-state index contributed by atoms with van der Waals surface area (Å²) >= 11 is 3.43. The van der Waals surface area contributed by atoms with Crippen LogP contribution in [0.5, 0.6) is 0 Å². The monoisotopic (exact) mass is 339 g/mol. The first-order valence-corrected chi connectivity index (χ1v) is 7.18. The summed E-state index contributed by atoms with van der Waals surface area (Å²) < 4.78 is 28.5. The number of halogens is 3. The van der Waals surface area contributed by atoms with Crippen LogP contribution in [-0.4, -0.2) is 7.05 Å². The van der Waals surface area contributed by atoms with Crippen molar-refractivity contribution >= 4 is 15.9 Å². The summed E-state index contributed by atoms with van der Waals surface area (Å²) in [5.74, 6) is -1.00. The maximum Gasteiger partial charge on any atom is 0.129 e. The fraction of sp³-hybridized carbons (Fsp3) is 0.250. The fourth-order valence-corrected chi connectivity index (χ4v) is 2.66. The molecule has 1 atom stereocenters. The zero-order valence-electron chi connectivity index (χ0n) is 11.4. The molecular weight excluding hydrogens is 324 g/mol. The SMILES string of the molecule is CNC(Cc1c(F)cccc1F)c1cc(Br)ccc1C. The lowest BCUT2D eigenvalue weighted by molar-refractivity contribution is 0.514. The summed E-state index contributed by atoms with van der Waals surface area (Å²) in [5, 5.41) is 3.14. The molecular formula is C16H16BrF2N. The van der Waals surface area contributed by atoms with Crippen LogP contribution in [0.1, 0.15) is 22.7 Å². The predicted octanol–water partition coefficient (Wildman–Crippen LogP) is 4.54. The predicted molar refractivity (Wildman–Crippen MR) is 80.7 cm³/mol. The second kappa shape index (κ2) is 6.46. The topological polar surface area (TPSA) is 12.0 Å². The van der Waals surface area contributed by atoms with Crippen LogP contribution in [0.3, 0.4) is 0 Å². The normalized spacial score (nSPS) is 12.4. The third-order valence-corrected chi connectivity index (χ3v) is 3.93. The molecule has 2 aromatic carbocycles. The van der Waals surface area contributed by atoms with Gasteiger partial charge in [-0.3, -0.25) is 0 Å². The van der Waals surface area contributed by atoms with Gasteiger partial charge in [0.25, 0.3) is 0 Å². The lowest BCUT2D eigenvalue weighted by Crippen LogP contribution is -2.21. The highest BCUT2D eigenvalue weighted by atomic mass is 79.9. The molecule has 0 bridgehead atoms. The molecule has 0 spiro atoms. The minimum absolute atomic E-state index is 0.117. The van der Waals surface area contributed by atoms with Crippen molar-refractivity contribution in [2.45, 2.75) is 19.4 Å². The van der Waals surface area contributed by atoms with Gasteiger partial charge in [0.2, 0.25) is 0 Å². The first-order valence-electron chi connectivity index (χ1n) is 6.39. The fourth-order valence-electron chi connectivity index (χ4n) is 2.29. The van der Waals surface area contributed by atoms with Crippen LogP contribution in [0.4, 0.5) is 8.78 Å². The zero-order valence-corrected chi connectivity index (χ0v) is 13.0. The van der Waals surface area contributed by atoms with Crippen molar-refractivity contribution < 1.29 is 8.78 Å². The molecule has 1 N–H and O–H groups in total. The standard InChI is InChI=1S/C16H16BrF2N/c1-10-6-7-11(17)8-12(10)16(20-2)9-13-14(18)4-3-5-15(13)19/h3-8,16,20H,9H2,1-2H3. The van der Waals surface area contributed by atoms with Crippen molar-refractivity contribution in [3.05, 3.63) is 69.2 Å². The summed E-state index contributed by atoms with van der Waals surface area (Å²) in [6, 6.07) is 9.75. The lowest BCUT2D eigenvalue weighted by atomic mass is 9.95. The van der Waals surface area contributed by atoms with Crippen molar-refractivity contribution in [3.8, 4) is 0 Å². The average molecular weight is 340 g/mol. The molecule has 0 heterocycles. The maximum absolute atomic E-state index is 13.8. The van der Waals surface area contributed by atoms with Crippen molar-refractivity contribution in [1.29, 1.82) is 0 Å². The Bertz CT molecular complexity index is 593. The Morgan fingerprint density at radius 2 is 1.80 bits per heavy atom. The number of hydrogen-bond donors (Lipinski definition) is 1. The maximum atomic E-state index is 13.8. The van der Waals surface area contributed by atoms with E-state index in [1.54, 1.807) is 7.05 Å². The summed E-state index contributed by atoms with van der Waals surface area (Å²) in [4.78, 5) is 0. The van der Waals surface area contributed by atoms with Gasteiger partial charge in [0.1, 0.15) is 11.6 Å². The Labute approximate surface area is 126 Å². The van der Waals surface area contributed by atoms with E-state index in [9.17, 15) is 8.78 Å². The lowest BCUT2D eigenvalue weighted by Gasteiger charge is -2.20. The van der Waals surface area contributed by atoms with Gasteiger partial charge in [0, 0.05) is 16.1 Å². The number of aryl methyl sites for hydroxylation is 1. The van der Waals surface area contributed by atoms with Crippen LogP contribution < -0.4 is 5.32 Å². The third-order valence-electron chi connectivity index (χ3n) is 3.44. The molecule has 1 nitrogen and oxygen atoms in total. The van der Waals surface area contributed by atoms with Gasteiger partial charge < -0.3 is 5.32 Å². The number of likely N-dealkylation sites (N-methyl/N-ethyl adjacent to an activating group) is 1. The molecule has 0 aromatic heterocycles. The molecule has 106 valence electrons. The molecule has 0 aliphatic carbocycles. The van der Waals surface area contributed by atoms with Crippen LogP contribution >= 0.6 is 15.9 Å². The molecule has 4 heteroatoms. The van der Waals surface area contributed by atoms with Gasteiger partial charge in [-0.2, -0.15) is 0 Å². The van der Waals surface area contributed by atoms with Crippen molar-refractivity contribution in [2.75, 3.05) is 7.05 Å². The van der Waals surface area contributed by atoms with E-state index in [1.807, 2.05) is 25.1 Å². The quantitative estimate of drug-likeness (QED) is 0.862. The Hall–Kier alpha value is -1.26. The first-order chi connectivity index (χ1) is 9.52. The van der Waals surface area contributed by atoms with E-state index in [0.29, 0.717) is 0 Å². The highest BCUT2D eigenvalue weighted by molar-refractivity contribution is 9.10. The third kappa shape index (κ3) is 3.25. The molecule has 20 heavy (non-hydrogen) atoms. The van der Waals surface area contributed by atoms with E-state index in [2.05, 4.69) is 21.2 Å². The minimum Gasteiger partial charge on any atom is -0.313 e. The Kier molecular flexibility index (Phi) is 4.89. The van der Waals surface area contributed by atoms with Gasteiger partial charge in [-0.1, -0.05) is 28.1 Å². The van der Waals surface area contributed by atoms with Gasteiger partial charge in [0.15, 0.2) is 0 Å². The number of hydrogen-bond acceptors (Lipinski definition) is 1. The first kappa shape index (κ1) is 15.1. The van der Waals surface area contributed by atoms with E-state index < -0.39 is 11.6 Å². The summed E-state index contributed by atoms with van der Waals surface area (Å²) in [6.45, 7) is 1.99. The average Bonchev–Trinajstić information content (AvgIpc) is 2.42. The van der Waals surface area contributed by atoms with Gasteiger partial charge in [0.05, 0.1) is 0 Å². The van der Waals surface area contributed by atoms with Gasteiger partial charge in [-0.15, -0.1) is 0 Å². The molecule has 2 rings (SSSR count). The van der Waals surface area contributed by atoms with E-state index in [1.165, 1.54) is 18.2 Å². The number of nitrogens with one attached hydrogen (secondary N) is 1. The molecule has 1 unspecified atom stereocenters. The van der Waals surface area contributed by atoms with Crippen molar-refractivity contribution in [2.24, 2.45) is 0 Å². The Morgan fingerprint density at radius 1 is 1.15 bits per heavy atom. The summed E-state index contributed by atoms with van der Waals surface area (Å²) in [5.41, 5.74) is 2.24. The second-order valence-corrected chi connectivity index (χ2v) is 5.66. The molecule has 2 aromatic rings. The van der Waals surface area contributed by atoms with Gasteiger partial charge in [-0.25, -0.2) is 8.78 Å². The Balaban J connectivity index is 2.36. The Morgan fingerprint density at radius 3 is 2.40 bits per heavy atom. The molecule has 0 fully saturated rings. The molecule has 0 saturated carbocycles. The molecule has 0 aliphatic rings. The minimum atomic E-state index is -0.502. The largest absolute Gasteiger partial charge is 0.313 e. The smallest absolute Gasteiger partial charge is 0.129 e. The van der Waals surface area contributed by atoms with Crippen LogP contribution in [-0.2, 0) is 6.42 Å². The second-order valence-electron chi connectivity index (χ2n) is 4.75. The van der Waals surface area contributed by atoms with E-state index in [0.717, 1.165) is 15.6 Å². The van der Waals surface area contributed by atoms with Gasteiger partial charge >= 0.3 is 0 Å². The molecule has 0 amide bonds. The van der Waals surface area contributed by atoms with Crippen LogP contribution in [0.2, 0.25) is 0 Å². The summed E-state index contributed by atoms with van der Waals surface area (Å²) in [7, 11) is 1.80. The summed E-state index contributed by atoms with van der Waals surface area (Å²) in [6.07, 6.45) is 0.270. The number of rotatable bonds is 4. The highest BCUT2D eigenvalue weighted by Crippen LogP contribution is 2.26. The number of benzene rings is 2. The molecule has 0 radical (unpaired) electrons. The van der Waals surface area contributed by atoms with Crippen molar-refractivity contribution in [1.82, 2.24) is 5.32 Å². The zero-order chi connectivity index (χ0) is 14.7. The van der Waals surface area contributed by atoms with Crippen LogP contribution in [0.25, 0.3) is 0 Å². The van der Waals surface area contributed by atoms with Crippen molar-refractivity contribution in [3.63, 3.8) is 0 Å². The highest BCUT2D eigenvalue weighted by Gasteiger charge is 2.17. The van der Waals surface area contributed by atoms with Gasteiger partial charge in [-0.05, 0) is 55.8 Å². The van der Waals surface area contributed by atoms with E-state index in [4.69, 9.17) is 0 Å². The molecule has 0 saturated heterocycles. The van der Waals surface area contributed by atoms with E-state index in [-0.39, 0.29) is 18.0 Å². The van der Waals surface area contributed by atoms with E-state index >= 15 is 0 Å². The van der Waals surface area contributed by atoms with Crippen LogP contribution in [0, 0.1) is 18.6 Å².